The first kappa shape index (κ1) is 38.9. The van der Waals surface area contributed by atoms with Crippen LogP contribution in [0, 0.1) is 0 Å². The van der Waals surface area contributed by atoms with Crippen LogP contribution in [0.15, 0.2) is 30.3 Å². The molecule has 0 saturated heterocycles. The van der Waals surface area contributed by atoms with Gasteiger partial charge >= 0.3 is 297 Å². The molecule has 0 atom stereocenters. The van der Waals surface area contributed by atoms with Crippen LogP contribution in [0.5, 0.6) is 0 Å². The number of benzene rings is 3. The van der Waals surface area contributed by atoms with Gasteiger partial charge in [0.25, 0.3) is 0 Å². The summed E-state index contributed by atoms with van der Waals surface area (Å²) in [4.78, 5) is 0. The van der Waals surface area contributed by atoms with Crippen LogP contribution < -0.4 is 3.58 Å². The zero-order valence-corrected chi connectivity index (χ0v) is 35.8. The van der Waals surface area contributed by atoms with Gasteiger partial charge < -0.3 is 0 Å². The molecule has 0 spiro atoms. The predicted octanol–water partition coefficient (Wildman–Crippen LogP) is 12.8. The molecule has 252 valence electrons. The molecule has 46 heavy (non-hydrogen) atoms. The number of nitrogens with zero attached hydrogens (tertiary/aromatic N) is 1. The summed E-state index contributed by atoms with van der Waals surface area (Å²) in [5, 5.41) is 0. The van der Waals surface area contributed by atoms with Crippen LogP contribution in [0.25, 0.3) is 22.3 Å². The van der Waals surface area contributed by atoms with Crippen molar-refractivity contribution in [3.8, 4) is 22.3 Å². The van der Waals surface area contributed by atoms with Crippen LogP contribution in [0.2, 0.25) is 0 Å². The summed E-state index contributed by atoms with van der Waals surface area (Å²) in [5.74, 6) is 3.66. The molecule has 0 aliphatic carbocycles. The van der Waals surface area contributed by atoms with E-state index in [0.29, 0.717) is 47.3 Å². The molecule has 0 bridgehead atoms. The van der Waals surface area contributed by atoms with Crippen molar-refractivity contribution < 1.29 is 0 Å². The predicted molar refractivity (Wildman–Crippen MR) is 209 cm³/mol. The molecule has 3 rings (SSSR count). The summed E-state index contributed by atoms with van der Waals surface area (Å²) < 4.78 is 4.27. The molecule has 2 radical (unpaired) electrons. The van der Waals surface area contributed by atoms with Gasteiger partial charge in [-0.1, -0.05) is 0 Å². The normalized spacial score (nSPS) is 12.7. The van der Waals surface area contributed by atoms with Crippen molar-refractivity contribution in [1.29, 1.82) is 0 Å². The summed E-state index contributed by atoms with van der Waals surface area (Å²) >= 11 is -1.19. The van der Waals surface area contributed by atoms with E-state index in [4.69, 9.17) is 0 Å². The van der Waals surface area contributed by atoms with E-state index in [1.807, 2.05) is 0 Å². The average Bonchev–Trinajstić information content (AvgIpc) is 2.94. The maximum atomic E-state index is 2.66. The van der Waals surface area contributed by atoms with E-state index < -0.39 is 21.4 Å². The van der Waals surface area contributed by atoms with Crippen LogP contribution in [0.3, 0.4) is 0 Å². The van der Waals surface area contributed by atoms with E-state index in [-0.39, 0.29) is 0 Å². The number of rotatable bonds is 12. The summed E-state index contributed by atoms with van der Waals surface area (Å²) in [7, 11) is 4.67. The van der Waals surface area contributed by atoms with E-state index in [0.717, 1.165) is 0 Å². The van der Waals surface area contributed by atoms with Gasteiger partial charge in [0.05, 0.1) is 0 Å². The number of hydrogen-bond acceptors (Lipinski definition) is 1. The molecule has 0 aliphatic heterocycles. The third-order valence-electron chi connectivity index (χ3n) is 9.73. The second-order valence-electron chi connectivity index (χ2n) is 16.6. The quantitative estimate of drug-likeness (QED) is 0.168. The molecule has 0 aliphatic rings. The van der Waals surface area contributed by atoms with Gasteiger partial charge in [-0.2, -0.15) is 0 Å². The summed E-state index contributed by atoms with van der Waals surface area (Å²) in [5.41, 5.74) is 18.4. The minimum absolute atomic E-state index is 0.434. The summed E-state index contributed by atoms with van der Waals surface area (Å²) in [6.07, 6.45) is 0. The van der Waals surface area contributed by atoms with Gasteiger partial charge in [-0.25, -0.2) is 0 Å². The van der Waals surface area contributed by atoms with Crippen molar-refractivity contribution in [2.75, 3.05) is 14.1 Å². The molecule has 0 amide bonds. The summed E-state index contributed by atoms with van der Waals surface area (Å²) in [6.45, 7) is 38.4. The number of hydrogen-bond donors (Lipinski definition) is 0. The van der Waals surface area contributed by atoms with E-state index in [1.165, 1.54) is 33.4 Å². The Morgan fingerprint density at radius 2 is 0.587 bits per heavy atom. The Kier molecular flexibility index (Phi) is 13.3. The standard InChI is InChI=1S/C42H61.C2H6N.Sn/c1-23(2)31-17-35(27(9)10)41(36(18-31)28(11)12)39-22-40(34(26(7)8)21-33(39)25(5)6)42-37(29(13)14)19-32(24(3)4)20-38(42)30(15)16;1-3-2;/h17-21,23-30H,1-16H3;1-2H3;/q;-1;+1. The van der Waals surface area contributed by atoms with Gasteiger partial charge in [0.2, 0.25) is 0 Å². The summed E-state index contributed by atoms with van der Waals surface area (Å²) in [6, 6.07) is 12.9. The fraction of sp³-hybridized carbons (Fsp3) is 0.591. The van der Waals surface area contributed by atoms with Crippen LogP contribution in [0.1, 0.15) is 203 Å². The van der Waals surface area contributed by atoms with Crippen LogP contribution in [-0.4, -0.2) is 38.6 Å². The monoisotopic (exact) mass is 729 g/mol. The van der Waals surface area contributed by atoms with Gasteiger partial charge in [0.1, 0.15) is 0 Å². The Morgan fingerprint density at radius 3 is 0.783 bits per heavy atom. The average molecular weight is 729 g/mol. The van der Waals surface area contributed by atoms with Crippen molar-refractivity contribution in [3.63, 3.8) is 0 Å². The molecule has 0 aromatic heterocycles. The Bertz CT molecular complexity index is 1330. The third kappa shape index (κ3) is 8.16. The zero-order chi connectivity index (χ0) is 34.9. The van der Waals surface area contributed by atoms with Crippen LogP contribution in [-0.2, 0) is 0 Å². The minimum atomic E-state index is -1.19. The SMILES string of the molecule is CC(C)c1cc(C(C)C)c(-c2c(C(C)C)cc(C(C)C)c(-c3c(C(C)C)cc(C(C)C)cc3C(C)C)[c]2[Sn][N](C)C)c(C(C)C)c1. The van der Waals surface area contributed by atoms with E-state index in [1.54, 1.807) is 37.0 Å². The molecule has 3 aromatic rings. The Balaban J connectivity index is 2.84. The second kappa shape index (κ2) is 15.8. The first-order valence-corrected chi connectivity index (χ1v) is 21.0. The van der Waals surface area contributed by atoms with Crippen LogP contribution in [0.4, 0.5) is 0 Å². The van der Waals surface area contributed by atoms with Gasteiger partial charge in [-0.3, -0.25) is 0 Å². The molecule has 3 aromatic carbocycles. The Hall–Kier alpha value is -1.58. The molecule has 0 fully saturated rings. The van der Waals surface area contributed by atoms with Gasteiger partial charge in [-0.05, 0) is 0 Å². The van der Waals surface area contributed by atoms with E-state index in [2.05, 4.69) is 158 Å². The Labute approximate surface area is 295 Å². The molecule has 1 nitrogen and oxygen atoms in total. The van der Waals surface area contributed by atoms with Gasteiger partial charge in [-0.15, -0.1) is 0 Å². The molecular weight excluding hydrogens is 661 g/mol. The van der Waals surface area contributed by atoms with Crippen molar-refractivity contribution in [3.05, 3.63) is 74.8 Å². The van der Waals surface area contributed by atoms with E-state index >= 15 is 0 Å². The first-order valence-electron chi connectivity index (χ1n) is 18.3. The van der Waals surface area contributed by atoms with Crippen molar-refractivity contribution in [1.82, 2.24) is 3.12 Å². The fourth-order valence-electron chi connectivity index (χ4n) is 7.00. The third-order valence-corrected chi connectivity index (χ3v) is 13.1. The molecule has 0 heterocycles. The van der Waals surface area contributed by atoms with Crippen molar-refractivity contribution in [2.24, 2.45) is 0 Å². The van der Waals surface area contributed by atoms with E-state index in [9.17, 15) is 0 Å². The maximum absolute atomic E-state index is 2.66. The molecule has 0 unspecified atom stereocenters. The van der Waals surface area contributed by atoms with Crippen LogP contribution >= 0.6 is 0 Å². The Morgan fingerprint density at radius 1 is 0.348 bits per heavy atom. The molecular formula is C44H67NSn. The van der Waals surface area contributed by atoms with Crippen molar-refractivity contribution in [2.45, 2.75) is 158 Å². The van der Waals surface area contributed by atoms with Gasteiger partial charge in [0.15, 0.2) is 0 Å². The molecule has 2 heteroatoms. The fourth-order valence-corrected chi connectivity index (χ4v) is 10.5. The zero-order valence-electron chi connectivity index (χ0n) is 33.0. The topological polar surface area (TPSA) is 3.24 Å². The second-order valence-corrected chi connectivity index (χ2v) is 21.2. The van der Waals surface area contributed by atoms with Crippen molar-refractivity contribution >= 4 is 25.0 Å². The first-order chi connectivity index (χ1) is 21.3. The molecule has 0 saturated carbocycles. The van der Waals surface area contributed by atoms with Gasteiger partial charge in [0, 0.05) is 0 Å². The molecule has 0 N–H and O–H groups in total.